The van der Waals surface area contributed by atoms with E-state index in [0.717, 1.165) is 13.0 Å². The topological polar surface area (TPSA) is 20.3 Å². The van der Waals surface area contributed by atoms with Gasteiger partial charge in [0.1, 0.15) is 5.82 Å². The minimum atomic E-state index is -0.374. The molecule has 1 aromatic rings. The van der Waals surface area contributed by atoms with Gasteiger partial charge in [0.05, 0.1) is 6.42 Å². The van der Waals surface area contributed by atoms with Crippen molar-refractivity contribution in [3.05, 3.63) is 34.6 Å². The summed E-state index contributed by atoms with van der Waals surface area (Å²) in [7, 11) is 0. The number of piperidine rings is 1. The molecule has 0 unspecified atom stereocenters. The van der Waals surface area contributed by atoms with E-state index >= 15 is 0 Å². The van der Waals surface area contributed by atoms with Crippen LogP contribution in [0.2, 0.25) is 5.02 Å². The van der Waals surface area contributed by atoms with E-state index in [2.05, 4.69) is 13.8 Å². The quantitative estimate of drug-likeness (QED) is 0.811. The Morgan fingerprint density at radius 2 is 2.16 bits per heavy atom. The van der Waals surface area contributed by atoms with Crippen molar-refractivity contribution < 1.29 is 9.18 Å². The van der Waals surface area contributed by atoms with E-state index in [0.29, 0.717) is 16.5 Å². The van der Waals surface area contributed by atoms with Gasteiger partial charge in [-0.3, -0.25) is 4.79 Å². The van der Waals surface area contributed by atoms with Crippen LogP contribution in [-0.4, -0.2) is 23.4 Å². The third kappa shape index (κ3) is 3.47. The molecule has 0 aromatic heterocycles. The minimum Gasteiger partial charge on any atom is -0.339 e. The summed E-state index contributed by atoms with van der Waals surface area (Å²) in [6.45, 7) is 5.05. The van der Waals surface area contributed by atoms with Crippen LogP contribution in [-0.2, 0) is 11.2 Å². The molecule has 19 heavy (non-hydrogen) atoms. The number of hydrogen-bond donors (Lipinski definition) is 0. The number of rotatable bonds is 2. The van der Waals surface area contributed by atoms with Crippen molar-refractivity contribution in [1.82, 2.24) is 4.90 Å². The number of hydrogen-bond acceptors (Lipinski definition) is 1. The standard InChI is InChI=1S/C15H19ClFNO/c1-10-3-4-11(2)18(9-10)15(19)7-12-5-6-13(17)8-14(12)16/h5-6,8,10-11H,3-4,7,9H2,1-2H3/t10-,11+/m1/s1. The summed E-state index contributed by atoms with van der Waals surface area (Å²) in [4.78, 5) is 14.3. The molecule has 0 aliphatic carbocycles. The highest BCUT2D eigenvalue weighted by atomic mass is 35.5. The molecule has 2 nitrogen and oxygen atoms in total. The number of halogens is 2. The molecule has 0 bridgehead atoms. The number of nitrogens with zero attached hydrogens (tertiary/aromatic N) is 1. The van der Waals surface area contributed by atoms with E-state index in [1.54, 1.807) is 6.07 Å². The van der Waals surface area contributed by atoms with E-state index in [9.17, 15) is 9.18 Å². The third-order valence-corrected chi connectivity index (χ3v) is 4.15. The monoisotopic (exact) mass is 283 g/mol. The van der Waals surface area contributed by atoms with Crippen LogP contribution in [0.5, 0.6) is 0 Å². The summed E-state index contributed by atoms with van der Waals surface area (Å²) >= 11 is 5.97. The Bertz CT molecular complexity index is 477. The number of benzene rings is 1. The summed E-state index contributed by atoms with van der Waals surface area (Å²) in [6.07, 6.45) is 2.46. The van der Waals surface area contributed by atoms with Crippen molar-refractivity contribution in [1.29, 1.82) is 0 Å². The lowest BCUT2D eigenvalue weighted by molar-refractivity contribution is -0.134. The zero-order valence-corrected chi connectivity index (χ0v) is 12.1. The highest BCUT2D eigenvalue weighted by Gasteiger charge is 2.27. The highest BCUT2D eigenvalue weighted by Crippen LogP contribution is 2.24. The fourth-order valence-electron chi connectivity index (χ4n) is 2.57. The minimum absolute atomic E-state index is 0.0764. The molecule has 1 amide bonds. The molecule has 0 radical (unpaired) electrons. The molecular formula is C15H19ClFNO. The lowest BCUT2D eigenvalue weighted by atomic mass is 9.94. The molecule has 1 aliphatic rings. The fraction of sp³-hybridized carbons (Fsp3) is 0.533. The van der Waals surface area contributed by atoms with E-state index < -0.39 is 0 Å². The average Bonchev–Trinajstić information content (AvgIpc) is 2.35. The van der Waals surface area contributed by atoms with Crippen molar-refractivity contribution in [3.8, 4) is 0 Å². The molecule has 2 rings (SSSR count). The van der Waals surface area contributed by atoms with Gasteiger partial charge in [0.25, 0.3) is 0 Å². The van der Waals surface area contributed by atoms with Crippen molar-refractivity contribution in [2.24, 2.45) is 5.92 Å². The van der Waals surface area contributed by atoms with Crippen LogP contribution in [0.15, 0.2) is 18.2 Å². The first-order valence-corrected chi connectivity index (χ1v) is 7.08. The average molecular weight is 284 g/mol. The van der Waals surface area contributed by atoms with Gasteiger partial charge in [-0.25, -0.2) is 4.39 Å². The maximum atomic E-state index is 13.0. The Labute approximate surface area is 118 Å². The first-order chi connectivity index (χ1) is 8.97. The van der Waals surface area contributed by atoms with Crippen LogP contribution in [0.3, 0.4) is 0 Å². The van der Waals surface area contributed by atoms with E-state index in [-0.39, 0.29) is 24.2 Å². The first-order valence-electron chi connectivity index (χ1n) is 6.70. The molecular weight excluding hydrogens is 265 g/mol. The van der Waals surface area contributed by atoms with E-state index in [1.807, 2.05) is 4.90 Å². The van der Waals surface area contributed by atoms with Gasteiger partial charge < -0.3 is 4.90 Å². The molecule has 0 spiro atoms. The predicted octanol–water partition coefficient (Wildman–Crippen LogP) is 3.67. The van der Waals surface area contributed by atoms with Crippen LogP contribution >= 0.6 is 11.6 Å². The molecule has 2 atom stereocenters. The maximum Gasteiger partial charge on any atom is 0.227 e. The van der Waals surface area contributed by atoms with Crippen LogP contribution in [0.4, 0.5) is 4.39 Å². The second kappa shape index (κ2) is 5.91. The fourth-order valence-corrected chi connectivity index (χ4v) is 2.80. The van der Waals surface area contributed by atoms with Gasteiger partial charge in [0, 0.05) is 17.6 Å². The zero-order chi connectivity index (χ0) is 14.0. The van der Waals surface area contributed by atoms with E-state index in [1.165, 1.54) is 18.6 Å². The summed E-state index contributed by atoms with van der Waals surface area (Å²) < 4.78 is 13.0. The van der Waals surface area contributed by atoms with Gasteiger partial charge in [0.2, 0.25) is 5.91 Å². The Balaban J connectivity index is 2.07. The molecule has 1 aliphatic heterocycles. The molecule has 104 valence electrons. The molecule has 0 N–H and O–H groups in total. The smallest absolute Gasteiger partial charge is 0.227 e. The normalized spacial score (nSPS) is 23.5. The second-order valence-electron chi connectivity index (χ2n) is 5.49. The molecule has 0 saturated carbocycles. The molecule has 1 aromatic carbocycles. The third-order valence-electron chi connectivity index (χ3n) is 3.79. The molecule has 4 heteroatoms. The van der Waals surface area contributed by atoms with Crippen LogP contribution in [0, 0.1) is 11.7 Å². The van der Waals surface area contributed by atoms with Gasteiger partial charge in [-0.2, -0.15) is 0 Å². The Morgan fingerprint density at radius 1 is 1.42 bits per heavy atom. The lowest BCUT2D eigenvalue weighted by Gasteiger charge is -2.37. The predicted molar refractivity (Wildman–Crippen MR) is 74.7 cm³/mol. The van der Waals surface area contributed by atoms with Gasteiger partial charge in [-0.15, -0.1) is 0 Å². The van der Waals surface area contributed by atoms with Gasteiger partial charge in [0.15, 0.2) is 0 Å². The maximum absolute atomic E-state index is 13.0. The van der Waals surface area contributed by atoms with Crippen molar-refractivity contribution in [3.63, 3.8) is 0 Å². The number of carbonyl (C=O) groups is 1. The Morgan fingerprint density at radius 3 is 2.84 bits per heavy atom. The number of amides is 1. The highest BCUT2D eigenvalue weighted by molar-refractivity contribution is 6.31. The van der Waals surface area contributed by atoms with Crippen LogP contribution < -0.4 is 0 Å². The van der Waals surface area contributed by atoms with Gasteiger partial charge >= 0.3 is 0 Å². The first kappa shape index (κ1) is 14.3. The van der Waals surface area contributed by atoms with Crippen LogP contribution in [0.1, 0.15) is 32.3 Å². The van der Waals surface area contributed by atoms with Crippen molar-refractivity contribution in [2.45, 2.75) is 39.2 Å². The van der Waals surface area contributed by atoms with Gasteiger partial charge in [-0.1, -0.05) is 24.6 Å². The number of likely N-dealkylation sites (tertiary alicyclic amines) is 1. The van der Waals surface area contributed by atoms with Crippen molar-refractivity contribution >= 4 is 17.5 Å². The summed E-state index contributed by atoms with van der Waals surface area (Å²) in [6, 6.07) is 4.47. The molecule has 1 saturated heterocycles. The Hall–Kier alpha value is -1.09. The zero-order valence-electron chi connectivity index (χ0n) is 11.3. The van der Waals surface area contributed by atoms with E-state index in [4.69, 9.17) is 11.6 Å². The SMILES string of the molecule is C[C@@H]1CC[C@H](C)N(C(=O)Cc2ccc(F)cc2Cl)C1. The van der Waals surface area contributed by atoms with Crippen molar-refractivity contribution in [2.75, 3.05) is 6.54 Å². The lowest BCUT2D eigenvalue weighted by Crippen LogP contribution is -2.45. The summed E-state index contributed by atoms with van der Waals surface area (Å²) in [5.41, 5.74) is 0.693. The summed E-state index contributed by atoms with van der Waals surface area (Å²) in [5, 5.41) is 0.325. The largest absolute Gasteiger partial charge is 0.339 e. The van der Waals surface area contributed by atoms with Gasteiger partial charge in [-0.05, 0) is 43.4 Å². The second-order valence-corrected chi connectivity index (χ2v) is 5.90. The molecule has 1 fully saturated rings. The molecule has 1 heterocycles. The number of carbonyl (C=O) groups excluding carboxylic acids is 1. The summed E-state index contributed by atoms with van der Waals surface area (Å²) in [5.74, 6) is 0.248. The Kier molecular flexibility index (Phi) is 4.46. The van der Waals surface area contributed by atoms with Crippen LogP contribution in [0.25, 0.3) is 0 Å².